The van der Waals surface area contributed by atoms with Crippen LogP contribution in [-0.2, 0) is 4.79 Å². The Morgan fingerprint density at radius 2 is 1.84 bits per heavy atom. The van der Waals surface area contributed by atoms with Crippen molar-refractivity contribution >= 4 is 17.6 Å². The lowest BCUT2D eigenvalue weighted by molar-refractivity contribution is -0.130. The van der Waals surface area contributed by atoms with Crippen LogP contribution in [0.2, 0.25) is 0 Å². The number of Topliss-reactive ketones (excluding diaryl/α,β-unsaturated/α-hetero) is 1. The predicted octanol–water partition coefficient (Wildman–Crippen LogP) is 2.34. The molecule has 3 aromatic rings. The minimum Gasteiger partial charge on any atom is -0.507 e. The number of phenolic OH excluding ortho intramolecular Hbond substituents is 1. The Kier molecular flexibility index (Phi) is 5.53. The maximum Gasteiger partial charge on any atom is 0.295 e. The number of carbonyl (C=O) groups excluding carboxylic acids is 3. The van der Waals surface area contributed by atoms with Gasteiger partial charge in [0.1, 0.15) is 5.75 Å². The number of amides is 2. The monoisotopic (exact) mass is 418 g/mol. The fourth-order valence-electron chi connectivity index (χ4n) is 3.76. The third-order valence-corrected chi connectivity index (χ3v) is 5.43. The number of rotatable bonds is 4. The van der Waals surface area contributed by atoms with Gasteiger partial charge in [0, 0.05) is 43.0 Å². The highest BCUT2D eigenvalue weighted by atomic mass is 16.3. The molecule has 0 saturated carbocycles. The van der Waals surface area contributed by atoms with Crippen molar-refractivity contribution < 1.29 is 19.5 Å². The van der Waals surface area contributed by atoms with Gasteiger partial charge in [-0.05, 0) is 37.3 Å². The van der Waals surface area contributed by atoms with Crippen LogP contribution in [0.1, 0.15) is 27.6 Å². The van der Waals surface area contributed by atoms with Crippen molar-refractivity contribution in [1.29, 1.82) is 0 Å². The van der Waals surface area contributed by atoms with Crippen molar-refractivity contribution in [2.45, 2.75) is 13.0 Å². The summed E-state index contributed by atoms with van der Waals surface area (Å²) in [6, 6.07) is 14.8. The number of aromatic amines is 1. The molecule has 1 atom stereocenters. The standard InChI is InChI=1S/C23H22N4O4/c1-15-14-26(22(30)16-5-3-2-4-6-16)11-12-27(15)23(31)21(29)18-8-7-17(13-20(18)28)19-9-10-24-25-19/h2-10,13,15,28H,11-12,14H2,1H3,(H,24,25)/t15-/m1/s1. The summed E-state index contributed by atoms with van der Waals surface area (Å²) in [7, 11) is 0. The molecule has 4 rings (SSSR count). The topological polar surface area (TPSA) is 107 Å². The fraction of sp³-hybridized carbons (Fsp3) is 0.217. The van der Waals surface area contributed by atoms with Crippen molar-refractivity contribution in [3.8, 4) is 17.0 Å². The quantitative estimate of drug-likeness (QED) is 0.500. The molecule has 8 nitrogen and oxygen atoms in total. The van der Waals surface area contributed by atoms with E-state index in [-0.39, 0.29) is 29.8 Å². The summed E-state index contributed by atoms with van der Waals surface area (Å²) < 4.78 is 0. The number of benzene rings is 2. The van der Waals surface area contributed by atoms with Gasteiger partial charge in [-0.25, -0.2) is 0 Å². The average Bonchev–Trinajstić information content (AvgIpc) is 3.33. The van der Waals surface area contributed by atoms with Gasteiger partial charge in [0.2, 0.25) is 0 Å². The Morgan fingerprint density at radius 1 is 1.06 bits per heavy atom. The molecule has 2 N–H and O–H groups in total. The molecule has 0 spiro atoms. The molecule has 8 heteroatoms. The van der Waals surface area contributed by atoms with Crippen LogP contribution in [0.4, 0.5) is 0 Å². The Bertz CT molecular complexity index is 1110. The van der Waals surface area contributed by atoms with Crippen LogP contribution in [0.15, 0.2) is 60.8 Å². The van der Waals surface area contributed by atoms with Crippen LogP contribution in [0, 0.1) is 0 Å². The second kappa shape index (κ2) is 8.43. The minimum absolute atomic E-state index is 0.0562. The van der Waals surface area contributed by atoms with Gasteiger partial charge in [-0.3, -0.25) is 19.5 Å². The normalized spacial score (nSPS) is 16.2. The Balaban J connectivity index is 1.45. The smallest absolute Gasteiger partial charge is 0.295 e. The lowest BCUT2D eigenvalue weighted by atomic mass is 10.0. The van der Waals surface area contributed by atoms with Crippen LogP contribution < -0.4 is 0 Å². The Labute approximate surface area is 179 Å². The van der Waals surface area contributed by atoms with E-state index >= 15 is 0 Å². The molecule has 0 bridgehead atoms. The summed E-state index contributed by atoms with van der Waals surface area (Å²) in [5.74, 6) is -1.84. The zero-order valence-corrected chi connectivity index (χ0v) is 17.0. The van der Waals surface area contributed by atoms with E-state index in [1.165, 1.54) is 17.0 Å². The molecule has 0 radical (unpaired) electrons. The molecule has 1 aromatic heterocycles. The van der Waals surface area contributed by atoms with Gasteiger partial charge in [0.15, 0.2) is 0 Å². The summed E-state index contributed by atoms with van der Waals surface area (Å²) >= 11 is 0. The molecule has 1 saturated heterocycles. The van der Waals surface area contributed by atoms with Gasteiger partial charge in [0.25, 0.3) is 17.6 Å². The van der Waals surface area contributed by atoms with Gasteiger partial charge in [-0.15, -0.1) is 0 Å². The van der Waals surface area contributed by atoms with E-state index in [2.05, 4.69) is 10.2 Å². The summed E-state index contributed by atoms with van der Waals surface area (Å²) in [6.45, 7) is 2.71. The van der Waals surface area contributed by atoms with Gasteiger partial charge in [0.05, 0.1) is 11.3 Å². The number of aromatic nitrogens is 2. The van der Waals surface area contributed by atoms with Gasteiger partial charge in [-0.1, -0.05) is 24.3 Å². The largest absolute Gasteiger partial charge is 0.507 e. The molecule has 31 heavy (non-hydrogen) atoms. The molecule has 1 aliphatic rings. The van der Waals surface area contributed by atoms with Crippen molar-refractivity contribution in [3.05, 3.63) is 71.9 Å². The van der Waals surface area contributed by atoms with Crippen molar-refractivity contribution in [3.63, 3.8) is 0 Å². The summed E-state index contributed by atoms with van der Waals surface area (Å²) in [4.78, 5) is 41.5. The first-order chi connectivity index (χ1) is 15.0. The third kappa shape index (κ3) is 4.05. The highest BCUT2D eigenvalue weighted by Gasteiger charge is 2.34. The first-order valence-electron chi connectivity index (χ1n) is 9.98. The number of nitrogens with one attached hydrogen (secondary N) is 1. The predicted molar refractivity (Wildman–Crippen MR) is 114 cm³/mol. The van der Waals surface area contributed by atoms with Gasteiger partial charge < -0.3 is 14.9 Å². The number of aromatic hydroxyl groups is 1. The molecular formula is C23H22N4O4. The molecule has 158 valence electrons. The van der Waals surface area contributed by atoms with Crippen LogP contribution in [0.25, 0.3) is 11.3 Å². The SMILES string of the molecule is C[C@@H]1CN(C(=O)c2ccccc2)CCN1C(=O)C(=O)c1ccc(-c2cc[nH]n2)cc1O. The Hall–Kier alpha value is -3.94. The van der Waals surface area contributed by atoms with Crippen molar-refractivity contribution in [1.82, 2.24) is 20.0 Å². The van der Waals surface area contributed by atoms with Crippen molar-refractivity contribution in [2.24, 2.45) is 0 Å². The van der Waals surface area contributed by atoms with Crippen LogP contribution in [0.5, 0.6) is 5.75 Å². The number of ketones is 1. The lowest BCUT2D eigenvalue weighted by Gasteiger charge is -2.39. The first-order valence-corrected chi connectivity index (χ1v) is 9.98. The van der Waals surface area contributed by atoms with E-state index in [1.54, 1.807) is 54.4 Å². The number of piperazine rings is 1. The van der Waals surface area contributed by atoms with Crippen LogP contribution in [-0.4, -0.2) is 68.4 Å². The van der Waals surface area contributed by atoms with Crippen molar-refractivity contribution in [2.75, 3.05) is 19.6 Å². The molecule has 0 aliphatic carbocycles. The summed E-state index contributed by atoms with van der Waals surface area (Å²) in [6.07, 6.45) is 1.65. The number of phenols is 1. The van der Waals surface area contributed by atoms with E-state index < -0.39 is 11.7 Å². The maximum atomic E-state index is 12.9. The van der Waals surface area contributed by atoms with Gasteiger partial charge >= 0.3 is 0 Å². The summed E-state index contributed by atoms with van der Waals surface area (Å²) in [5, 5.41) is 17.1. The molecule has 1 fully saturated rings. The molecular weight excluding hydrogens is 396 g/mol. The number of hydrogen-bond acceptors (Lipinski definition) is 5. The molecule has 1 aliphatic heterocycles. The zero-order valence-electron chi connectivity index (χ0n) is 17.0. The van der Waals surface area contributed by atoms with E-state index in [9.17, 15) is 19.5 Å². The minimum atomic E-state index is -0.777. The first kappa shape index (κ1) is 20.3. The van der Waals surface area contributed by atoms with E-state index in [0.717, 1.165) is 0 Å². The second-order valence-electron chi connectivity index (χ2n) is 7.49. The lowest BCUT2D eigenvalue weighted by Crippen LogP contribution is -2.56. The second-order valence-corrected chi connectivity index (χ2v) is 7.49. The summed E-state index contributed by atoms with van der Waals surface area (Å²) in [5.41, 5.74) is 1.78. The highest BCUT2D eigenvalue weighted by molar-refractivity contribution is 6.43. The van der Waals surface area contributed by atoms with E-state index in [1.807, 2.05) is 6.07 Å². The molecule has 0 unspecified atom stereocenters. The zero-order chi connectivity index (χ0) is 22.0. The van der Waals surface area contributed by atoms with Crippen LogP contribution >= 0.6 is 0 Å². The number of nitrogens with zero attached hydrogens (tertiary/aromatic N) is 3. The van der Waals surface area contributed by atoms with Crippen LogP contribution in [0.3, 0.4) is 0 Å². The highest BCUT2D eigenvalue weighted by Crippen LogP contribution is 2.26. The average molecular weight is 418 g/mol. The third-order valence-electron chi connectivity index (χ3n) is 5.43. The molecule has 2 heterocycles. The molecule has 2 amide bonds. The Morgan fingerprint density at radius 3 is 2.48 bits per heavy atom. The maximum absolute atomic E-state index is 12.9. The number of H-pyrrole nitrogens is 1. The van der Waals surface area contributed by atoms with E-state index in [4.69, 9.17) is 0 Å². The fourth-order valence-corrected chi connectivity index (χ4v) is 3.76. The number of carbonyl (C=O) groups is 3. The van der Waals surface area contributed by atoms with Gasteiger partial charge in [-0.2, -0.15) is 5.10 Å². The number of hydrogen-bond donors (Lipinski definition) is 2. The molecule has 2 aromatic carbocycles. The van der Waals surface area contributed by atoms with E-state index in [0.29, 0.717) is 29.9 Å².